The second kappa shape index (κ2) is 4.26. The van der Waals surface area contributed by atoms with Gasteiger partial charge in [-0.15, -0.1) is 0 Å². The molecule has 1 nitrogen and oxygen atoms in total. The summed E-state index contributed by atoms with van der Waals surface area (Å²) < 4.78 is 11.6. The summed E-state index contributed by atoms with van der Waals surface area (Å²) in [7, 11) is -0.797. The van der Waals surface area contributed by atoms with E-state index in [4.69, 9.17) is 0 Å². The van der Waals surface area contributed by atoms with Gasteiger partial charge in [0.2, 0.25) is 0 Å². The molecule has 0 saturated carbocycles. The van der Waals surface area contributed by atoms with Crippen LogP contribution in [0.2, 0.25) is 0 Å². The van der Waals surface area contributed by atoms with Crippen LogP contribution in [0.15, 0.2) is 24.3 Å². The molecule has 1 atom stereocenters. The van der Waals surface area contributed by atoms with Crippen LogP contribution in [0, 0.1) is 6.92 Å². The molecular weight excluding hydrogens is 192 g/mol. The van der Waals surface area contributed by atoms with E-state index in [1.807, 2.05) is 26.8 Å². The monoisotopic (exact) mass is 210 g/mol. The smallest absolute Gasteiger partial charge is 0.0650 e. The second-order valence-corrected chi connectivity index (χ2v) is 6.30. The molecule has 0 bridgehead atoms. The van der Waals surface area contributed by atoms with Gasteiger partial charge in [0.1, 0.15) is 0 Å². The molecule has 1 aromatic rings. The molecule has 0 aromatic heterocycles. The summed E-state index contributed by atoms with van der Waals surface area (Å²) in [6, 6.07) is 8.27. The maximum atomic E-state index is 11.9. The van der Waals surface area contributed by atoms with E-state index in [1.54, 1.807) is 0 Å². The summed E-state index contributed by atoms with van der Waals surface area (Å²) in [4.78, 5) is 0. The maximum absolute atomic E-state index is 11.9. The van der Waals surface area contributed by atoms with Crippen LogP contribution in [-0.2, 0) is 15.5 Å². The Balaban J connectivity index is 3.09. The van der Waals surface area contributed by atoms with Gasteiger partial charge in [-0.05, 0) is 26.3 Å². The number of aryl methyl sites for hydroxylation is 1. The molecule has 78 valence electrons. The minimum absolute atomic E-state index is 0.235. The molecule has 0 heterocycles. The minimum Gasteiger partial charge on any atom is -0.259 e. The van der Waals surface area contributed by atoms with Crippen molar-refractivity contribution in [3.8, 4) is 0 Å². The Labute approximate surface area is 89.0 Å². The first-order valence-corrected chi connectivity index (χ1v) is 6.26. The number of hydrogen-bond donors (Lipinski definition) is 0. The van der Waals surface area contributed by atoms with Crippen LogP contribution >= 0.6 is 0 Å². The number of rotatable bonds is 3. The first kappa shape index (κ1) is 11.4. The van der Waals surface area contributed by atoms with Crippen molar-refractivity contribution in [3.05, 3.63) is 35.4 Å². The summed E-state index contributed by atoms with van der Waals surface area (Å²) in [5.41, 5.74) is 2.39. The third-order valence-corrected chi connectivity index (χ3v) is 4.44. The average Bonchev–Trinajstić information content (AvgIpc) is 2.16. The summed E-state index contributed by atoms with van der Waals surface area (Å²) in [6.07, 6.45) is 0. The van der Waals surface area contributed by atoms with Crippen LogP contribution in [0.1, 0.15) is 31.9 Å². The van der Waals surface area contributed by atoms with Crippen LogP contribution in [0.25, 0.3) is 0 Å². The lowest BCUT2D eigenvalue weighted by Gasteiger charge is -2.24. The van der Waals surface area contributed by atoms with Crippen molar-refractivity contribution >= 4 is 10.8 Å². The quantitative estimate of drug-likeness (QED) is 0.749. The molecule has 0 aliphatic rings. The summed E-state index contributed by atoms with van der Waals surface area (Å²) in [5, 5.41) is 0. The predicted molar refractivity (Wildman–Crippen MR) is 62.9 cm³/mol. The molecule has 1 unspecified atom stereocenters. The largest absolute Gasteiger partial charge is 0.259 e. The fourth-order valence-corrected chi connectivity index (χ4v) is 2.62. The van der Waals surface area contributed by atoms with E-state index in [2.05, 4.69) is 25.1 Å². The van der Waals surface area contributed by atoms with Gasteiger partial charge in [-0.2, -0.15) is 0 Å². The highest BCUT2D eigenvalue weighted by Crippen LogP contribution is 2.27. The molecule has 0 radical (unpaired) electrons. The lowest BCUT2D eigenvalue weighted by Crippen LogP contribution is -2.25. The third-order valence-electron chi connectivity index (χ3n) is 2.54. The molecule has 0 aliphatic heterocycles. The highest BCUT2D eigenvalue weighted by Gasteiger charge is 2.26. The van der Waals surface area contributed by atoms with E-state index in [-0.39, 0.29) is 4.75 Å². The first-order valence-electron chi connectivity index (χ1n) is 4.94. The van der Waals surface area contributed by atoms with Crippen LogP contribution in [0.3, 0.4) is 0 Å². The molecule has 0 N–H and O–H groups in total. The molecule has 0 fully saturated rings. The Morgan fingerprint density at radius 2 is 2.00 bits per heavy atom. The van der Waals surface area contributed by atoms with Gasteiger partial charge in [0.15, 0.2) is 0 Å². The zero-order valence-corrected chi connectivity index (χ0v) is 10.1. The minimum atomic E-state index is -0.797. The fourth-order valence-electron chi connectivity index (χ4n) is 1.51. The van der Waals surface area contributed by atoms with Gasteiger partial charge in [0, 0.05) is 16.6 Å². The van der Waals surface area contributed by atoms with Crippen LogP contribution in [-0.4, -0.2) is 9.96 Å². The first-order chi connectivity index (χ1) is 6.48. The third kappa shape index (κ3) is 2.24. The van der Waals surface area contributed by atoms with E-state index >= 15 is 0 Å². The van der Waals surface area contributed by atoms with Gasteiger partial charge >= 0.3 is 0 Å². The molecule has 0 spiro atoms. The van der Waals surface area contributed by atoms with E-state index in [1.165, 1.54) is 5.56 Å². The Bertz CT molecular complexity index is 342. The Hall–Kier alpha value is -0.630. The normalized spacial score (nSPS) is 14.0. The fraction of sp³-hybridized carbons (Fsp3) is 0.500. The van der Waals surface area contributed by atoms with Crippen molar-refractivity contribution in [2.45, 2.75) is 32.4 Å². The van der Waals surface area contributed by atoms with Gasteiger partial charge in [0.25, 0.3) is 0 Å². The zero-order chi connectivity index (χ0) is 10.8. The van der Waals surface area contributed by atoms with Crippen molar-refractivity contribution in [3.63, 3.8) is 0 Å². The van der Waals surface area contributed by atoms with Crippen molar-refractivity contribution in [2.24, 2.45) is 0 Å². The predicted octanol–water partition coefficient (Wildman–Crippen LogP) is 3.00. The second-order valence-electron chi connectivity index (χ2n) is 4.01. The Morgan fingerprint density at radius 3 is 2.50 bits per heavy atom. The van der Waals surface area contributed by atoms with E-state index in [0.717, 1.165) is 5.56 Å². The van der Waals surface area contributed by atoms with Gasteiger partial charge in [-0.25, -0.2) is 0 Å². The molecule has 14 heavy (non-hydrogen) atoms. The van der Waals surface area contributed by atoms with Crippen molar-refractivity contribution in [1.82, 2.24) is 0 Å². The Morgan fingerprint density at radius 1 is 1.36 bits per heavy atom. The molecular formula is C12H18OS. The zero-order valence-electron chi connectivity index (χ0n) is 9.33. The van der Waals surface area contributed by atoms with Crippen LogP contribution in [0.4, 0.5) is 0 Å². The number of benzene rings is 1. The van der Waals surface area contributed by atoms with Crippen molar-refractivity contribution < 1.29 is 4.21 Å². The topological polar surface area (TPSA) is 17.1 Å². The lowest BCUT2D eigenvalue weighted by molar-refractivity contribution is 0.643. The van der Waals surface area contributed by atoms with Crippen molar-refractivity contribution in [2.75, 3.05) is 5.75 Å². The Kier molecular flexibility index (Phi) is 3.48. The van der Waals surface area contributed by atoms with Crippen LogP contribution in [0.5, 0.6) is 0 Å². The highest BCUT2D eigenvalue weighted by molar-refractivity contribution is 7.85. The van der Waals surface area contributed by atoms with Gasteiger partial charge in [-0.3, -0.25) is 4.21 Å². The van der Waals surface area contributed by atoms with Crippen LogP contribution < -0.4 is 0 Å². The highest BCUT2D eigenvalue weighted by atomic mass is 32.2. The maximum Gasteiger partial charge on any atom is 0.0650 e. The average molecular weight is 210 g/mol. The summed E-state index contributed by atoms with van der Waals surface area (Å²) in [5.74, 6) is 0.709. The molecule has 0 saturated heterocycles. The lowest BCUT2D eigenvalue weighted by atomic mass is 10.0. The van der Waals surface area contributed by atoms with E-state index in [9.17, 15) is 4.21 Å². The summed E-state index contributed by atoms with van der Waals surface area (Å²) >= 11 is 0. The molecule has 1 rings (SSSR count). The van der Waals surface area contributed by atoms with Gasteiger partial charge < -0.3 is 0 Å². The molecule has 2 heteroatoms. The van der Waals surface area contributed by atoms with Crippen molar-refractivity contribution in [1.29, 1.82) is 0 Å². The SMILES string of the molecule is CCS(=O)C(C)(C)c1cccc(C)c1. The molecule has 0 amide bonds. The van der Waals surface area contributed by atoms with E-state index < -0.39 is 10.8 Å². The van der Waals surface area contributed by atoms with E-state index in [0.29, 0.717) is 5.75 Å². The molecule has 0 aliphatic carbocycles. The van der Waals surface area contributed by atoms with Gasteiger partial charge in [-0.1, -0.05) is 36.8 Å². The number of hydrogen-bond acceptors (Lipinski definition) is 1. The standard InChI is InChI=1S/C12H18OS/c1-5-14(13)12(3,4)11-8-6-7-10(2)9-11/h6-9H,5H2,1-4H3. The molecule has 1 aromatic carbocycles. The summed E-state index contributed by atoms with van der Waals surface area (Å²) in [6.45, 7) is 8.12. The van der Waals surface area contributed by atoms with Gasteiger partial charge in [0.05, 0.1) is 4.75 Å².